The molecule has 0 aromatic heterocycles. The summed E-state index contributed by atoms with van der Waals surface area (Å²) in [7, 11) is 2.03. The molecule has 170 valence electrons. The largest absolute Gasteiger partial charge is 0.490 e. The van der Waals surface area contributed by atoms with Gasteiger partial charge in [0.15, 0.2) is 0 Å². The van der Waals surface area contributed by atoms with E-state index in [1.54, 1.807) is 0 Å². The van der Waals surface area contributed by atoms with Gasteiger partial charge in [0.2, 0.25) is 11.8 Å². The first-order valence-electron chi connectivity index (χ1n) is 10.2. The third kappa shape index (κ3) is 5.00. The number of benzene rings is 1. The Bertz CT molecular complexity index is 829. The molecule has 31 heavy (non-hydrogen) atoms. The second-order valence-electron chi connectivity index (χ2n) is 8.34. The average molecular weight is 441 g/mol. The van der Waals surface area contributed by atoms with Gasteiger partial charge in [0, 0.05) is 31.2 Å². The number of carboxylic acid groups (broad SMARTS) is 1. The van der Waals surface area contributed by atoms with Crippen molar-refractivity contribution in [3.63, 3.8) is 0 Å². The molecule has 2 heterocycles. The van der Waals surface area contributed by atoms with E-state index in [0.29, 0.717) is 19.0 Å². The van der Waals surface area contributed by atoms with E-state index in [1.807, 2.05) is 47.2 Å². The molecule has 1 N–H and O–H groups in total. The number of hydrogen-bond acceptors (Lipinski definition) is 4. The zero-order valence-electron chi connectivity index (χ0n) is 17.3. The number of halogens is 3. The fourth-order valence-corrected chi connectivity index (χ4v) is 4.20. The normalized spacial score (nSPS) is 24.6. The molecule has 1 unspecified atom stereocenters. The van der Waals surface area contributed by atoms with Gasteiger partial charge in [-0.05, 0) is 38.4 Å². The molecule has 1 spiro atoms. The summed E-state index contributed by atoms with van der Waals surface area (Å²) in [6.45, 7) is 2.65. The number of anilines is 1. The van der Waals surface area contributed by atoms with Crippen molar-refractivity contribution in [3.05, 3.63) is 30.3 Å². The van der Waals surface area contributed by atoms with E-state index in [-0.39, 0.29) is 17.4 Å². The highest BCUT2D eigenvalue weighted by Crippen LogP contribution is 2.36. The molecule has 4 rings (SSSR count). The van der Waals surface area contributed by atoms with Crippen molar-refractivity contribution in [2.45, 2.75) is 37.4 Å². The minimum atomic E-state index is -5.08. The second kappa shape index (κ2) is 8.86. The Morgan fingerprint density at radius 1 is 1.13 bits per heavy atom. The quantitative estimate of drug-likeness (QED) is 0.762. The Morgan fingerprint density at radius 2 is 1.74 bits per heavy atom. The molecule has 0 radical (unpaired) electrons. The molecular formula is C21H26F3N3O4. The number of amides is 2. The number of rotatable bonds is 2. The Labute approximate surface area is 178 Å². The number of hydrogen-bond donors (Lipinski definition) is 1. The summed E-state index contributed by atoms with van der Waals surface area (Å²) in [5.41, 5.74) is 0.849. The minimum Gasteiger partial charge on any atom is -0.475 e. The Kier molecular flexibility index (Phi) is 6.59. The predicted molar refractivity (Wildman–Crippen MR) is 106 cm³/mol. The number of likely N-dealkylation sites (tertiary alicyclic amines) is 1. The maximum atomic E-state index is 12.6. The van der Waals surface area contributed by atoms with Gasteiger partial charge in [0.25, 0.3) is 0 Å². The van der Waals surface area contributed by atoms with E-state index in [9.17, 15) is 22.8 Å². The van der Waals surface area contributed by atoms with E-state index in [0.717, 1.165) is 38.0 Å². The molecule has 1 aromatic carbocycles. The monoisotopic (exact) mass is 441 g/mol. The van der Waals surface area contributed by atoms with Crippen LogP contribution in [0.2, 0.25) is 0 Å². The molecule has 10 heteroatoms. The number of alkyl halides is 3. The lowest BCUT2D eigenvalue weighted by Gasteiger charge is -2.47. The van der Waals surface area contributed by atoms with Crippen molar-refractivity contribution in [3.8, 4) is 0 Å². The van der Waals surface area contributed by atoms with E-state index in [4.69, 9.17) is 9.90 Å². The van der Waals surface area contributed by atoms with Crippen molar-refractivity contribution < 1.29 is 32.7 Å². The molecule has 1 saturated carbocycles. The molecule has 2 saturated heterocycles. The molecule has 1 aliphatic carbocycles. The number of carbonyl (C=O) groups excluding carboxylic acids is 2. The summed E-state index contributed by atoms with van der Waals surface area (Å²) < 4.78 is 31.7. The first kappa shape index (κ1) is 23.1. The maximum absolute atomic E-state index is 12.6. The summed E-state index contributed by atoms with van der Waals surface area (Å²) in [6.07, 6.45) is -0.857. The molecule has 0 bridgehead atoms. The van der Waals surface area contributed by atoms with Gasteiger partial charge in [-0.3, -0.25) is 14.5 Å². The standard InChI is InChI=1S/C19H25N3O2.C2HF3O2/c1-20-12-17(23)22(16-8-3-2-4-9-16)14-19(20)10-11-21(13-19)18(24)15-6-5-7-15;3-2(4,5)1(6)7/h2-4,8-9,15H,5-7,10-14H2,1H3;(H,6,7). The van der Waals surface area contributed by atoms with Crippen LogP contribution in [0.3, 0.4) is 0 Å². The van der Waals surface area contributed by atoms with Crippen molar-refractivity contribution in [2.75, 3.05) is 38.1 Å². The van der Waals surface area contributed by atoms with Crippen molar-refractivity contribution in [1.29, 1.82) is 0 Å². The van der Waals surface area contributed by atoms with E-state index in [1.165, 1.54) is 6.42 Å². The first-order chi connectivity index (χ1) is 14.5. The van der Waals surface area contributed by atoms with Gasteiger partial charge in [-0.25, -0.2) is 4.79 Å². The van der Waals surface area contributed by atoms with Crippen LogP contribution in [0.25, 0.3) is 0 Å². The van der Waals surface area contributed by atoms with Crippen LogP contribution >= 0.6 is 0 Å². The van der Waals surface area contributed by atoms with Gasteiger partial charge in [0.1, 0.15) is 0 Å². The Hall–Kier alpha value is -2.62. The van der Waals surface area contributed by atoms with Crippen LogP contribution in [0.15, 0.2) is 30.3 Å². The molecule has 1 atom stereocenters. The molecular weight excluding hydrogens is 415 g/mol. The average Bonchev–Trinajstić information content (AvgIpc) is 3.09. The lowest BCUT2D eigenvalue weighted by atomic mass is 9.84. The van der Waals surface area contributed by atoms with Crippen LogP contribution in [0, 0.1) is 5.92 Å². The topological polar surface area (TPSA) is 81.2 Å². The maximum Gasteiger partial charge on any atom is 0.490 e. The summed E-state index contributed by atoms with van der Waals surface area (Å²) >= 11 is 0. The number of carboxylic acids is 1. The molecule has 1 aromatic rings. The highest BCUT2D eigenvalue weighted by atomic mass is 19.4. The molecule has 3 aliphatic rings. The highest BCUT2D eigenvalue weighted by Gasteiger charge is 2.49. The number of carbonyl (C=O) groups is 3. The molecule has 3 fully saturated rings. The van der Waals surface area contributed by atoms with Crippen molar-refractivity contribution in [2.24, 2.45) is 5.92 Å². The van der Waals surface area contributed by atoms with Crippen LogP contribution in [0.4, 0.5) is 18.9 Å². The fourth-order valence-electron chi connectivity index (χ4n) is 4.20. The minimum absolute atomic E-state index is 0.108. The van der Waals surface area contributed by atoms with Crippen LogP contribution < -0.4 is 4.90 Å². The Morgan fingerprint density at radius 3 is 2.26 bits per heavy atom. The van der Waals surface area contributed by atoms with Crippen LogP contribution in [-0.2, 0) is 14.4 Å². The van der Waals surface area contributed by atoms with E-state index >= 15 is 0 Å². The summed E-state index contributed by atoms with van der Waals surface area (Å²) in [5, 5.41) is 7.12. The van der Waals surface area contributed by atoms with Gasteiger partial charge < -0.3 is 14.9 Å². The van der Waals surface area contributed by atoms with E-state index < -0.39 is 12.1 Å². The van der Waals surface area contributed by atoms with E-state index in [2.05, 4.69) is 4.90 Å². The number of para-hydroxylation sites is 1. The fraction of sp³-hybridized carbons (Fsp3) is 0.571. The van der Waals surface area contributed by atoms with Crippen LogP contribution in [-0.4, -0.2) is 77.6 Å². The lowest BCUT2D eigenvalue weighted by molar-refractivity contribution is -0.192. The smallest absolute Gasteiger partial charge is 0.475 e. The number of piperazine rings is 1. The molecule has 2 aliphatic heterocycles. The molecule has 2 amide bonds. The van der Waals surface area contributed by atoms with Crippen molar-refractivity contribution in [1.82, 2.24) is 9.80 Å². The number of likely N-dealkylation sites (N-methyl/N-ethyl adjacent to an activating group) is 1. The zero-order valence-corrected chi connectivity index (χ0v) is 17.3. The van der Waals surface area contributed by atoms with Gasteiger partial charge in [0.05, 0.1) is 12.1 Å². The first-order valence-corrected chi connectivity index (χ1v) is 10.2. The second-order valence-corrected chi connectivity index (χ2v) is 8.34. The van der Waals surface area contributed by atoms with Crippen LogP contribution in [0.5, 0.6) is 0 Å². The van der Waals surface area contributed by atoms with Gasteiger partial charge in [-0.2, -0.15) is 13.2 Å². The predicted octanol–water partition coefficient (Wildman–Crippen LogP) is 2.37. The zero-order chi connectivity index (χ0) is 22.8. The van der Waals surface area contributed by atoms with Gasteiger partial charge in [-0.1, -0.05) is 24.6 Å². The third-order valence-electron chi connectivity index (χ3n) is 6.34. The van der Waals surface area contributed by atoms with Crippen molar-refractivity contribution >= 4 is 23.5 Å². The summed E-state index contributed by atoms with van der Waals surface area (Å²) in [6, 6.07) is 9.88. The third-order valence-corrected chi connectivity index (χ3v) is 6.34. The van der Waals surface area contributed by atoms with Crippen LogP contribution in [0.1, 0.15) is 25.7 Å². The van der Waals surface area contributed by atoms with Gasteiger partial charge >= 0.3 is 12.1 Å². The number of nitrogens with zero attached hydrogens (tertiary/aromatic N) is 3. The highest BCUT2D eigenvalue weighted by molar-refractivity contribution is 5.96. The number of aliphatic carboxylic acids is 1. The summed E-state index contributed by atoms with van der Waals surface area (Å²) in [5.74, 6) is -2.04. The van der Waals surface area contributed by atoms with Gasteiger partial charge in [-0.15, -0.1) is 0 Å². The SMILES string of the molecule is CN1CC(=O)N(c2ccccc2)CC12CCN(C(=O)C1CCC1)C2.O=C(O)C(F)(F)F. The lowest BCUT2D eigenvalue weighted by Crippen LogP contribution is -2.64. The Balaban J connectivity index is 0.000000339. The summed E-state index contributed by atoms with van der Waals surface area (Å²) in [4.78, 5) is 40.1. The molecule has 7 nitrogen and oxygen atoms in total.